The number of anilines is 1. The van der Waals surface area contributed by atoms with Crippen LogP contribution in [-0.2, 0) is 19.1 Å². The molecule has 1 saturated carbocycles. The van der Waals surface area contributed by atoms with E-state index in [-0.39, 0.29) is 18.9 Å². The number of alkyl carbamates (subject to hydrolysis) is 1. The van der Waals surface area contributed by atoms with Gasteiger partial charge in [-0.2, -0.15) is 0 Å². The molecule has 0 spiro atoms. The standard InChI is InChI=1S/C31H41ClN4O5/c1-18-15-19(2)17-21(16-18)27(28(38)35-26-20(3)9-7-12-23(26)32)36(22-10-8-11-22)29(39)24(13-14-25(33)37)34-30(40)41-31(4,5)6/h7,9,12,15-17,22,24,27H,8,10-11,13-14H2,1-6H3,(H2,33,37)(H,34,40)(H,35,38). The lowest BCUT2D eigenvalue weighted by atomic mass is 9.87. The van der Waals surface area contributed by atoms with Gasteiger partial charge in [0.25, 0.3) is 5.91 Å². The van der Waals surface area contributed by atoms with Crippen LogP contribution < -0.4 is 16.4 Å². The van der Waals surface area contributed by atoms with Crippen LogP contribution in [0, 0.1) is 20.8 Å². The van der Waals surface area contributed by atoms with Crippen molar-refractivity contribution in [2.24, 2.45) is 5.73 Å². The lowest BCUT2D eigenvalue weighted by Gasteiger charge is -2.43. The monoisotopic (exact) mass is 584 g/mol. The highest BCUT2D eigenvalue weighted by Crippen LogP contribution is 2.36. The molecule has 0 radical (unpaired) electrons. The van der Waals surface area contributed by atoms with Gasteiger partial charge in [-0.05, 0) is 84.4 Å². The largest absolute Gasteiger partial charge is 0.444 e. The number of nitrogens with two attached hydrogens (primary N) is 1. The van der Waals surface area contributed by atoms with Gasteiger partial charge < -0.3 is 26.0 Å². The van der Waals surface area contributed by atoms with Crippen molar-refractivity contribution < 1.29 is 23.9 Å². The van der Waals surface area contributed by atoms with Crippen molar-refractivity contribution in [1.29, 1.82) is 0 Å². The van der Waals surface area contributed by atoms with Crippen molar-refractivity contribution in [3.8, 4) is 0 Å². The molecule has 2 unspecified atom stereocenters. The molecular weight excluding hydrogens is 544 g/mol. The lowest BCUT2D eigenvalue weighted by Crippen LogP contribution is -2.57. The van der Waals surface area contributed by atoms with E-state index in [0.717, 1.165) is 23.1 Å². The number of primary amides is 1. The minimum Gasteiger partial charge on any atom is -0.444 e. The number of rotatable bonds is 10. The SMILES string of the molecule is Cc1cc(C)cc(C(C(=O)Nc2c(C)cccc2Cl)N(C(=O)C(CCC(N)=O)NC(=O)OC(C)(C)C)C2CCC2)c1. The van der Waals surface area contributed by atoms with Crippen LogP contribution in [-0.4, -0.2) is 46.4 Å². The molecule has 2 aromatic carbocycles. The summed E-state index contributed by atoms with van der Waals surface area (Å²) in [6, 6.07) is 8.67. The highest BCUT2D eigenvalue weighted by molar-refractivity contribution is 6.34. The number of carbonyl (C=O) groups excluding carboxylic acids is 4. The van der Waals surface area contributed by atoms with Crippen molar-refractivity contribution >= 4 is 41.1 Å². The van der Waals surface area contributed by atoms with Crippen LogP contribution >= 0.6 is 11.6 Å². The van der Waals surface area contributed by atoms with Gasteiger partial charge in [-0.15, -0.1) is 0 Å². The van der Waals surface area contributed by atoms with Gasteiger partial charge in [-0.25, -0.2) is 4.79 Å². The fourth-order valence-electron chi connectivity index (χ4n) is 4.94. The zero-order valence-corrected chi connectivity index (χ0v) is 25.4. The summed E-state index contributed by atoms with van der Waals surface area (Å²) < 4.78 is 5.40. The Morgan fingerprint density at radius 2 is 1.71 bits per heavy atom. The number of nitrogens with one attached hydrogen (secondary N) is 2. The molecule has 3 rings (SSSR count). The van der Waals surface area contributed by atoms with E-state index in [2.05, 4.69) is 10.6 Å². The molecule has 4 N–H and O–H groups in total. The molecule has 41 heavy (non-hydrogen) atoms. The van der Waals surface area contributed by atoms with Crippen LogP contribution in [0.3, 0.4) is 0 Å². The van der Waals surface area contributed by atoms with Gasteiger partial charge in [0.2, 0.25) is 11.8 Å². The Morgan fingerprint density at radius 3 is 2.22 bits per heavy atom. The van der Waals surface area contributed by atoms with Crippen molar-refractivity contribution in [2.45, 2.75) is 97.4 Å². The van der Waals surface area contributed by atoms with Crippen LogP contribution in [0.1, 0.15) is 81.2 Å². The number of benzene rings is 2. The Morgan fingerprint density at radius 1 is 1.07 bits per heavy atom. The second-order valence-electron chi connectivity index (χ2n) is 11.8. The maximum absolute atomic E-state index is 14.4. The first kappa shape index (κ1) is 31.9. The minimum atomic E-state index is -1.14. The fraction of sp³-hybridized carbons (Fsp3) is 0.484. The first-order valence-corrected chi connectivity index (χ1v) is 14.3. The summed E-state index contributed by atoms with van der Waals surface area (Å²) in [5, 5.41) is 5.98. The lowest BCUT2D eigenvalue weighted by molar-refractivity contribution is -0.146. The number of aryl methyl sites for hydroxylation is 3. The van der Waals surface area contributed by atoms with Gasteiger partial charge in [0.15, 0.2) is 0 Å². The molecule has 10 heteroatoms. The average molecular weight is 585 g/mol. The van der Waals surface area contributed by atoms with Gasteiger partial charge in [0, 0.05) is 12.5 Å². The number of nitrogens with zero attached hydrogens (tertiary/aromatic N) is 1. The third kappa shape index (κ3) is 8.70. The second kappa shape index (κ2) is 13.4. The third-order valence-corrected chi connectivity index (χ3v) is 7.26. The molecule has 2 aromatic rings. The molecule has 2 atom stereocenters. The van der Waals surface area contributed by atoms with Gasteiger partial charge in [-0.1, -0.05) is 53.1 Å². The van der Waals surface area contributed by atoms with Crippen LogP contribution in [0.5, 0.6) is 0 Å². The summed E-state index contributed by atoms with van der Waals surface area (Å²) >= 11 is 6.45. The fourth-order valence-corrected chi connectivity index (χ4v) is 5.21. The molecule has 1 aliphatic carbocycles. The zero-order chi connectivity index (χ0) is 30.5. The Bertz CT molecular complexity index is 1260. The van der Waals surface area contributed by atoms with Crippen molar-refractivity contribution in [2.75, 3.05) is 5.32 Å². The van der Waals surface area contributed by atoms with E-state index in [9.17, 15) is 19.2 Å². The molecule has 0 aliphatic heterocycles. The Labute approximate surface area is 247 Å². The molecule has 0 bridgehead atoms. The predicted octanol–water partition coefficient (Wildman–Crippen LogP) is 5.48. The molecule has 0 heterocycles. The number of ether oxygens (including phenoxy) is 1. The topological polar surface area (TPSA) is 131 Å². The summed E-state index contributed by atoms with van der Waals surface area (Å²) in [6.45, 7) is 10.8. The highest BCUT2D eigenvalue weighted by Gasteiger charge is 2.42. The van der Waals surface area contributed by atoms with E-state index >= 15 is 0 Å². The maximum atomic E-state index is 14.4. The maximum Gasteiger partial charge on any atom is 0.408 e. The molecule has 4 amide bonds. The van der Waals surface area contributed by atoms with E-state index in [1.165, 1.54) is 0 Å². The van der Waals surface area contributed by atoms with Gasteiger partial charge in [0.05, 0.1) is 10.7 Å². The molecule has 1 aliphatic rings. The van der Waals surface area contributed by atoms with Crippen LogP contribution in [0.4, 0.5) is 10.5 Å². The Balaban J connectivity index is 2.09. The van der Waals surface area contributed by atoms with Crippen molar-refractivity contribution in [1.82, 2.24) is 10.2 Å². The summed E-state index contributed by atoms with van der Waals surface area (Å²) in [5.74, 6) is -1.53. The molecule has 1 fully saturated rings. The first-order valence-electron chi connectivity index (χ1n) is 13.9. The number of hydrogen-bond acceptors (Lipinski definition) is 5. The van der Waals surface area contributed by atoms with E-state index in [4.69, 9.17) is 22.1 Å². The third-order valence-electron chi connectivity index (χ3n) is 6.95. The van der Waals surface area contributed by atoms with Crippen LogP contribution in [0.2, 0.25) is 5.02 Å². The number of halogens is 1. The molecule has 0 saturated heterocycles. The minimum absolute atomic E-state index is 0.0402. The summed E-state index contributed by atoms with van der Waals surface area (Å²) in [7, 11) is 0. The summed E-state index contributed by atoms with van der Waals surface area (Å²) in [5.41, 5.74) is 8.35. The average Bonchev–Trinajstić information content (AvgIpc) is 2.80. The number of amides is 4. The molecule has 0 aromatic heterocycles. The van der Waals surface area contributed by atoms with E-state index in [1.807, 2.05) is 45.0 Å². The highest BCUT2D eigenvalue weighted by atomic mass is 35.5. The summed E-state index contributed by atoms with van der Waals surface area (Å²) in [6.07, 6.45) is 1.31. The van der Waals surface area contributed by atoms with E-state index in [0.29, 0.717) is 29.1 Å². The zero-order valence-electron chi connectivity index (χ0n) is 24.7. The van der Waals surface area contributed by atoms with Gasteiger partial charge in [-0.3, -0.25) is 14.4 Å². The number of hydrogen-bond donors (Lipinski definition) is 3. The van der Waals surface area contributed by atoms with E-state index in [1.54, 1.807) is 37.8 Å². The normalized spacial score (nSPS) is 14.8. The second-order valence-corrected chi connectivity index (χ2v) is 12.2. The Kier molecular flexibility index (Phi) is 10.4. The van der Waals surface area contributed by atoms with E-state index < -0.39 is 41.5 Å². The van der Waals surface area contributed by atoms with Crippen LogP contribution in [0.25, 0.3) is 0 Å². The quantitative estimate of drug-likeness (QED) is 0.340. The van der Waals surface area contributed by atoms with Gasteiger partial charge >= 0.3 is 6.09 Å². The predicted molar refractivity (Wildman–Crippen MR) is 160 cm³/mol. The molecular formula is C31H41ClN4O5. The number of carbonyl (C=O) groups is 4. The first-order chi connectivity index (χ1) is 19.2. The van der Waals surface area contributed by atoms with Crippen molar-refractivity contribution in [3.05, 3.63) is 63.7 Å². The molecule has 9 nitrogen and oxygen atoms in total. The van der Waals surface area contributed by atoms with Gasteiger partial charge in [0.1, 0.15) is 17.7 Å². The summed E-state index contributed by atoms with van der Waals surface area (Å²) in [4.78, 5) is 54.6. The van der Waals surface area contributed by atoms with Crippen LogP contribution in [0.15, 0.2) is 36.4 Å². The smallest absolute Gasteiger partial charge is 0.408 e. The number of para-hydroxylation sites is 1. The van der Waals surface area contributed by atoms with Crippen molar-refractivity contribution in [3.63, 3.8) is 0 Å². The molecule has 222 valence electrons. The Hall–Kier alpha value is -3.59.